The van der Waals surface area contributed by atoms with Crippen LogP contribution in [0.1, 0.15) is 41.5 Å². The van der Waals surface area contributed by atoms with Crippen molar-refractivity contribution in [2.75, 3.05) is 18.4 Å². The van der Waals surface area contributed by atoms with Crippen LogP contribution in [0.2, 0.25) is 0 Å². The van der Waals surface area contributed by atoms with Crippen molar-refractivity contribution in [3.63, 3.8) is 0 Å². The van der Waals surface area contributed by atoms with Gasteiger partial charge in [0.2, 0.25) is 11.9 Å². The fourth-order valence-corrected chi connectivity index (χ4v) is 3.71. The predicted molar refractivity (Wildman–Crippen MR) is 111 cm³/mol. The summed E-state index contributed by atoms with van der Waals surface area (Å²) < 4.78 is 3.22. The van der Waals surface area contributed by atoms with Crippen molar-refractivity contribution in [1.29, 1.82) is 0 Å². The molecule has 3 aromatic heterocycles. The molecule has 1 saturated heterocycles. The van der Waals surface area contributed by atoms with E-state index in [0.29, 0.717) is 17.5 Å². The van der Waals surface area contributed by atoms with Crippen molar-refractivity contribution in [3.8, 4) is 0 Å². The predicted octanol–water partition coefficient (Wildman–Crippen LogP) is 0.838. The van der Waals surface area contributed by atoms with E-state index in [0.717, 1.165) is 48.7 Å². The number of anilines is 1. The third kappa shape index (κ3) is 4.18. The van der Waals surface area contributed by atoms with Crippen molar-refractivity contribution >= 4 is 29.9 Å². The quantitative estimate of drug-likeness (QED) is 0.574. The number of H-pyrrole nitrogens is 1. The average Bonchev–Trinajstić information content (AvgIpc) is 3.22. The highest BCUT2D eigenvalue weighted by molar-refractivity contribution is 5.91. The Labute approximate surface area is 173 Å². The second-order valence-corrected chi connectivity index (χ2v) is 7.24. The smallest absolute Gasteiger partial charge is 0.266 e. The Morgan fingerprint density at radius 1 is 1.28 bits per heavy atom. The zero-order valence-corrected chi connectivity index (χ0v) is 17.5. The zero-order chi connectivity index (χ0) is 19.8. The van der Waals surface area contributed by atoms with Crippen LogP contribution in [0, 0.1) is 13.8 Å². The molecular weight excluding hydrogens is 396 g/mol. The molecule has 29 heavy (non-hydrogen) atoms. The van der Waals surface area contributed by atoms with Gasteiger partial charge in [-0.1, -0.05) is 0 Å². The summed E-state index contributed by atoms with van der Waals surface area (Å²) in [6.07, 6.45) is 2.13. The van der Waals surface area contributed by atoms with E-state index in [1.54, 1.807) is 16.2 Å². The van der Waals surface area contributed by atoms with Gasteiger partial charge < -0.3 is 5.32 Å². The average molecular weight is 421 g/mol. The lowest BCUT2D eigenvalue weighted by molar-refractivity contribution is -0.115. The number of nitrogens with one attached hydrogen (secondary N) is 3. The molecule has 3 aromatic rings. The summed E-state index contributed by atoms with van der Waals surface area (Å²) in [6.45, 7) is 5.61. The van der Waals surface area contributed by atoms with E-state index in [9.17, 15) is 9.59 Å². The molecule has 0 bridgehead atoms. The second kappa shape index (κ2) is 8.34. The second-order valence-electron chi connectivity index (χ2n) is 7.24. The molecule has 0 aliphatic carbocycles. The molecule has 1 aliphatic rings. The molecule has 1 amide bonds. The summed E-state index contributed by atoms with van der Waals surface area (Å²) in [5.74, 6) is 1.34. The number of carbonyl (C=O) groups excluding carboxylic acids is 1. The Kier molecular flexibility index (Phi) is 6.04. The molecule has 0 spiro atoms. The third-order valence-electron chi connectivity index (χ3n) is 5.27. The first kappa shape index (κ1) is 21.0. The first-order chi connectivity index (χ1) is 13.4. The van der Waals surface area contributed by atoms with Crippen LogP contribution in [-0.2, 0) is 18.3 Å². The van der Waals surface area contributed by atoms with Gasteiger partial charge in [0.25, 0.3) is 5.56 Å². The molecule has 1 fully saturated rings. The molecular formula is C18H25ClN8O2. The highest BCUT2D eigenvalue weighted by Gasteiger charge is 2.22. The number of rotatable bonds is 4. The van der Waals surface area contributed by atoms with E-state index in [4.69, 9.17) is 0 Å². The lowest BCUT2D eigenvalue weighted by atomic mass is 9.98. The summed E-state index contributed by atoms with van der Waals surface area (Å²) >= 11 is 0. The number of aromatic nitrogens is 6. The van der Waals surface area contributed by atoms with Crippen LogP contribution >= 0.6 is 12.4 Å². The minimum absolute atomic E-state index is 0. The number of hydrogen-bond acceptors (Lipinski definition) is 6. The van der Waals surface area contributed by atoms with Crippen molar-refractivity contribution in [1.82, 2.24) is 34.7 Å². The largest absolute Gasteiger partial charge is 0.317 e. The summed E-state index contributed by atoms with van der Waals surface area (Å²) in [4.78, 5) is 33.2. The topological polar surface area (TPSA) is 122 Å². The van der Waals surface area contributed by atoms with Gasteiger partial charge in [-0.15, -0.1) is 12.4 Å². The Balaban J connectivity index is 0.00000240. The zero-order valence-electron chi connectivity index (χ0n) is 16.7. The molecule has 0 atom stereocenters. The highest BCUT2D eigenvalue weighted by Crippen LogP contribution is 2.23. The van der Waals surface area contributed by atoms with Crippen LogP contribution < -0.4 is 16.2 Å². The standard InChI is InChI=1S/C18H24N8O2.ClH/c1-10-13(11(2)26-14(20-10)9-16(28)23-26)8-15(27)21-18-22-17(24-25(18)3)12-4-6-19-7-5-12;/h9,12,19H,4-8H2,1-3H3,(H,23,28)(H,21,22,24,27);1H. The summed E-state index contributed by atoms with van der Waals surface area (Å²) in [7, 11) is 1.78. The maximum absolute atomic E-state index is 12.7. The summed E-state index contributed by atoms with van der Waals surface area (Å²) in [5, 5.41) is 13.4. The molecule has 0 radical (unpaired) electrons. The minimum Gasteiger partial charge on any atom is -0.317 e. The summed E-state index contributed by atoms with van der Waals surface area (Å²) in [6, 6.07) is 1.44. The monoisotopic (exact) mass is 420 g/mol. The van der Waals surface area contributed by atoms with Crippen molar-refractivity contribution in [2.45, 2.75) is 39.0 Å². The fourth-order valence-electron chi connectivity index (χ4n) is 3.71. The molecule has 1 aliphatic heterocycles. The van der Waals surface area contributed by atoms with E-state index in [2.05, 4.69) is 30.8 Å². The number of piperidine rings is 1. The molecule has 156 valence electrons. The van der Waals surface area contributed by atoms with Crippen LogP contribution in [0.3, 0.4) is 0 Å². The third-order valence-corrected chi connectivity index (χ3v) is 5.27. The fraction of sp³-hybridized carbons (Fsp3) is 0.500. The van der Waals surface area contributed by atoms with Gasteiger partial charge in [0.05, 0.1) is 6.42 Å². The number of halogens is 1. The molecule has 4 rings (SSSR count). The van der Waals surface area contributed by atoms with Gasteiger partial charge in [0, 0.05) is 36.0 Å². The van der Waals surface area contributed by atoms with E-state index < -0.39 is 0 Å². The minimum atomic E-state index is -0.221. The lowest BCUT2D eigenvalue weighted by Crippen LogP contribution is -2.27. The lowest BCUT2D eigenvalue weighted by Gasteiger charge is -2.19. The highest BCUT2D eigenvalue weighted by atomic mass is 35.5. The van der Waals surface area contributed by atoms with E-state index in [1.165, 1.54) is 6.07 Å². The molecule has 4 heterocycles. The van der Waals surface area contributed by atoms with Crippen LogP contribution in [0.5, 0.6) is 0 Å². The van der Waals surface area contributed by atoms with Crippen LogP contribution in [0.4, 0.5) is 5.95 Å². The number of carbonyl (C=O) groups is 1. The SMILES string of the molecule is Cc1nc2cc(=O)[nH]n2c(C)c1CC(=O)Nc1nc(C2CCNCC2)nn1C.Cl. The number of aromatic amines is 1. The van der Waals surface area contributed by atoms with Gasteiger partial charge in [0.15, 0.2) is 11.5 Å². The van der Waals surface area contributed by atoms with Gasteiger partial charge in [-0.2, -0.15) is 10.1 Å². The Hall–Kier alpha value is -2.72. The molecule has 0 aromatic carbocycles. The van der Waals surface area contributed by atoms with E-state index in [1.807, 2.05) is 13.8 Å². The van der Waals surface area contributed by atoms with E-state index in [-0.39, 0.29) is 30.3 Å². The van der Waals surface area contributed by atoms with Gasteiger partial charge in [-0.05, 0) is 39.8 Å². The summed E-state index contributed by atoms with van der Waals surface area (Å²) in [5.41, 5.74) is 2.61. The van der Waals surface area contributed by atoms with Gasteiger partial charge >= 0.3 is 0 Å². The molecule has 0 saturated carbocycles. The number of fused-ring (bicyclic) bond motifs is 1. The number of hydrogen-bond donors (Lipinski definition) is 3. The van der Waals surface area contributed by atoms with Crippen molar-refractivity contribution in [3.05, 3.63) is 39.2 Å². The Bertz CT molecular complexity index is 1090. The molecule has 0 unspecified atom stereocenters. The van der Waals surface area contributed by atoms with Crippen molar-refractivity contribution in [2.24, 2.45) is 7.05 Å². The van der Waals surface area contributed by atoms with Crippen molar-refractivity contribution < 1.29 is 4.79 Å². The van der Waals surface area contributed by atoms with Gasteiger partial charge in [0.1, 0.15) is 0 Å². The molecule has 3 N–H and O–H groups in total. The van der Waals surface area contributed by atoms with Gasteiger partial charge in [-0.3, -0.25) is 20.0 Å². The molecule has 11 heteroatoms. The number of aryl methyl sites for hydroxylation is 3. The van der Waals surface area contributed by atoms with Crippen LogP contribution in [-0.4, -0.2) is 48.4 Å². The maximum atomic E-state index is 12.7. The normalized spacial score (nSPS) is 14.7. The van der Waals surface area contributed by atoms with Crippen LogP contribution in [0.15, 0.2) is 10.9 Å². The first-order valence-corrected chi connectivity index (χ1v) is 9.41. The molecule has 10 nitrogen and oxygen atoms in total. The first-order valence-electron chi connectivity index (χ1n) is 9.41. The van der Waals surface area contributed by atoms with Crippen LogP contribution in [0.25, 0.3) is 5.65 Å². The Morgan fingerprint density at radius 3 is 2.72 bits per heavy atom. The number of amides is 1. The maximum Gasteiger partial charge on any atom is 0.266 e. The Morgan fingerprint density at radius 2 is 2.00 bits per heavy atom. The van der Waals surface area contributed by atoms with Gasteiger partial charge in [-0.25, -0.2) is 14.2 Å². The van der Waals surface area contributed by atoms with E-state index >= 15 is 0 Å². The number of nitrogens with zero attached hydrogens (tertiary/aromatic N) is 5.